The Morgan fingerprint density at radius 3 is 1.95 bits per heavy atom. The van der Waals surface area contributed by atoms with Crippen LogP contribution in [-0.4, -0.2) is 19.0 Å². The van der Waals surface area contributed by atoms with Crippen molar-refractivity contribution in [3.63, 3.8) is 0 Å². The summed E-state index contributed by atoms with van der Waals surface area (Å²) in [6.07, 6.45) is 0.533. The highest BCUT2D eigenvalue weighted by atomic mass is 79.9. The molecule has 5 nitrogen and oxygen atoms in total. The number of Topliss-reactive ketones (excluding diaryl/α,β-unsaturated/α-hetero) is 1. The summed E-state index contributed by atoms with van der Waals surface area (Å²) in [5, 5.41) is 1.35. The zero-order valence-corrected chi connectivity index (χ0v) is 26.3. The van der Waals surface area contributed by atoms with E-state index in [1.54, 1.807) is 12.1 Å². The number of hydrogen-bond acceptors (Lipinski definition) is 5. The summed E-state index contributed by atoms with van der Waals surface area (Å²) in [6, 6.07) is 26.6. The number of rotatable bonds is 2. The molecule has 0 aromatic heterocycles. The van der Waals surface area contributed by atoms with Gasteiger partial charge in [0.05, 0.1) is 30.8 Å². The Labute approximate surface area is 264 Å². The van der Waals surface area contributed by atoms with E-state index in [4.69, 9.17) is 42.1 Å². The molecular formula is C32H24Br2Cl2O5. The average molecular weight is 719 g/mol. The van der Waals surface area contributed by atoms with Crippen molar-refractivity contribution in [2.75, 3.05) is 13.2 Å². The standard InChI is InChI=1S/C17H14BrClO3.C15H10BrClO2/c18-12-4-5-15-14(9-12)17(20-6-7-21-17)10-16(22-15)11-2-1-3-13(19)8-11;16-10-4-5-14-12(7-10)13(18)8-15(19-14)9-2-1-3-11(17)6-9/h1-5,8-9,16H,6-7,10H2;1-7,15H,8H2. The second kappa shape index (κ2) is 12.1. The van der Waals surface area contributed by atoms with Crippen molar-refractivity contribution in [3.8, 4) is 11.5 Å². The number of fused-ring (bicyclic) bond motifs is 3. The zero-order chi connectivity index (χ0) is 28.6. The van der Waals surface area contributed by atoms with Gasteiger partial charge in [-0.15, -0.1) is 0 Å². The van der Waals surface area contributed by atoms with E-state index in [0.29, 0.717) is 47.4 Å². The smallest absolute Gasteiger partial charge is 0.202 e. The molecule has 9 heteroatoms. The third-order valence-electron chi connectivity index (χ3n) is 7.15. The summed E-state index contributed by atoms with van der Waals surface area (Å²) in [5.74, 6) is 0.780. The molecule has 1 spiro atoms. The lowest BCUT2D eigenvalue weighted by molar-refractivity contribution is -0.195. The van der Waals surface area contributed by atoms with E-state index in [2.05, 4.69) is 31.9 Å². The molecule has 0 saturated carbocycles. The van der Waals surface area contributed by atoms with Crippen molar-refractivity contribution in [2.45, 2.75) is 30.8 Å². The van der Waals surface area contributed by atoms with Crippen LogP contribution in [0.1, 0.15) is 52.1 Å². The largest absolute Gasteiger partial charge is 0.485 e. The fraction of sp³-hybridized carbons (Fsp3) is 0.219. The Balaban J connectivity index is 0.000000149. The Morgan fingerprint density at radius 2 is 1.29 bits per heavy atom. The van der Waals surface area contributed by atoms with Gasteiger partial charge >= 0.3 is 0 Å². The average Bonchev–Trinajstić information content (AvgIpc) is 3.43. The lowest BCUT2D eigenvalue weighted by atomic mass is 9.92. The van der Waals surface area contributed by atoms with E-state index in [9.17, 15) is 4.79 Å². The highest BCUT2D eigenvalue weighted by molar-refractivity contribution is 9.10. The third kappa shape index (κ3) is 6.21. The molecule has 2 atom stereocenters. The number of ketones is 1. The normalized spacial score (nSPS) is 20.2. The minimum Gasteiger partial charge on any atom is -0.485 e. The van der Waals surface area contributed by atoms with Crippen LogP contribution in [0, 0.1) is 0 Å². The Bertz CT molecular complexity index is 1610. The molecule has 210 valence electrons. The molecule has 2 unspecified atom stereocenters. The van der Waals surface area contributed by atoms with E-state index in [1.807, 2.05) is 72.8 Å². The van der Waals surface area contributed by atoms with Crippen LogP contribution >= 0.6 is 55.1 Å². The predicted octanol–water partition coefficient (Wildman–Crippen LogP) is 9.63. The highest BCUT2D eigenvalue weighted by Crippen LogP contribution is 2.50. The molecule has 0 N–H and O–H groups in total. The fourth-order valence-electron chi connectivity index (χ4n) is 5.26. The van der Waals surface area contributed by atoms with Gasteiger partial charge in [0, 0.05) is 25.4 Å². The van der Waals surface area contributed by atoms with Gasteiger partial charge in [0.1, 0.15) is 23.7 Å². The van der Waals surface area contributed by atoms with Crippen LogP contribution < -0.4 is 9.47 Å². The molecule has 41 heavy (non-hydrogen) atoms. The van der Waals surface area contributed by atoms with Gasteiger partial charge in [-0.1, -0.05) is 79.3 Å². The van der Waals surface area contributed by atoms with Crippen molar-refractivity contribution in [2.24, 2.45) is 0 Å². The summed E-state index contributed by atoms with van der Waals surface area (Å²) in [7, 11) is 0. The van der Waals surface area contributed by atoms with Crippen LogP contribution in [0.25, 0.3) is 0 Å². The molecule has 3 aliphatic rings. The van der Waals surface area contributed by atoms with Gasteiger partial charge in [-0.05, 0) is 71.8 Å². The van der Waals surface area contributed by atoms with Gasteiger partial charge in [0.25, 0.3) is 0 Å². The van der Waals surface area contributed by atoms with E-state index in [0.717, 1.165) is 31.4 Å². The molecule has 1 saturated heterocycles. The molecule has 0 radical (unpaired) electrons. The van der Waals surface area contributed by atoms with E-state index in [-0.39, 0.29) is 18.0 Å². The van der Waals surface area contributed by atoms with Crippen LogP contribution in [0.15, 0.2) is 93.9 Å². The number of ether oxygens (including phenoxy) is 4. The monoisotopic (exact) mass is 716 g/mol. The molecular weight excluding hydrogens is 695 g/mol. The zero-order valence-electron chi connectivity index (χ0n) is 21.6. The maximum absolute atomic E-state index is 12.2. The molecule has 0 bridgehead atoms. The van der Waals surface area contributed by atoms with E-state index < -0.39 is 5.79 Å². The second-order valence-electron chi connectivity index (χ2n) is 9.89. The minimum atomic E-state index is -0.732. The quantitative estimate of drug-likeness (QED) is 0.207. The highest BCUT2D eigenvalue weighted by Gasteiger charge is 2.47. The third-order valence-corrected chi connectivity index (χ3v) is 8.61. The van der Waals surface area contributed by atoms with E-state index >= 15 is 0 Å². The van der Waals surface area contributed by atoms with Crippen molar-refractivity contribution in [1.29, 1.82) is 0 Å². The number of halogens is 4. The van der Waals surface area contributed by atoms with Crippen molar-refractivity contribution in [3.05, 3.63) is 126 Å². The summed E-state index contributed by atoms with van der Waals surface area (Å²) >= 11 is 19.0. The minimum absolute atomic E-state index is 0.0903. The maximum Gasteiger partial charge on any atom is 0.202 e. The number of carbonyl (C=O) groups excluding carboxylic acids is 1. The molecule has 3 aliphatic heterocycles. The molecule has 7 rings (SSSR count). The maximum atomic E-state index is 12.2. The fourth-order valence-corrected chi connectivity index (χ4v) is 6.38. The van der Waals surface area contributed by atoms with Gasteiger partial charge in [-0.2, -0.15) is 0 Å². The van der Waals surface area contributed by atoms with Gasteiger partial charge < -0.3 is 18.9 Å². The van der Waals surface area contributed by atoms with Gasteiger partial charge in [-0.25, -0.2) is 0 Å². The summed E-state index contributed by atoms with van der Waals surface area (Å²) in [5.41, 5.74) is 3.53. The van der Waals surface area contributed by atoms with Crippen molar-refractivity contribution >= 4 is 60.8 Å². The van der Waals surface area contributed by atoms with E-state index in [1.165, 1.54) is 0 Å². The lowest BCUT2D eigenvalue weighted by Gasteiger charge is -2.38. The van der Waals surface area contributed by atoms with Crippen LogP contribution in [-0.2, 0) is 15.3 Å². The van der Waals surface area contributed by atoms with Crippen molar-refractivity contribution in [1.82, 2.24) is 0 Å². The number of benzene rings is 4. The van der Waals surface area contributed by atoms with Crippen LogP contribution in [0.4, 0.5) is 0 Å². The predicted molar refractivity (Wildman–Crippen MR) is 165 cm³/mol. The number of carbonyl (C=O) groups is 1. The lowest BCUT2D eigenvalue weighted by Crippen LogP contribution is -2.35. The first-order chi connectivity index (χ1) is 19.8. The second-order valence-corrected chi connectivity index (χ2v) is 12.6. The van der Waals surface area contributed by atoms with Crippen LogP contribution in [0.3, 0.4) is 0 Å². The first kappa shape index (κ1) is 28.7. The van der Waals surface area contributed by atoms with Gasteiger partial charge in [0.15, 0.2) is 5.78 Å². The summed E-state index contributed by atoms with van der Waals surface area (Å²) in [4.78, 5) is 12.2. The Morgan fingerprint density at radius 1 is 0.707 bits per heavy atom. The van der Waals surface area contributed by atoms with Gasteiger partial charge in [-0.3, -0.25) is 4.79 Å². The number of hydrogen-bond donors (Lipinski definition) is 0. The topological polar surface area (TPSA) is 54.0 Å². The van der Waals surface area contributed by atoms with Crippen molar-refractivity contribution < 1.29 is 23.7 Å². The summed E-state index contributed by atoms with van der Waals surface area (Å²) < 4.78 is 25.9. The first-order valence-corrected chi connectivity index (χ1v) is 15.4. The Kier molecular flexibility index (Phi) is 8.46. The SMILES string of the molecule is Clc1cccc(C2CC3(OCCO3)c3cc(Br)ccc3O2)c1.O=C1CC(c2cccc(Cl)c2)Oc2ccc(Br)cc21. The molecule has 4 aromatic rings. The molecule has 3 heterocycles. The molecule has 0 aliphatic carbocycles. The molecule has 0 amide bonds. The summed E-state index contributed by atoms with van der Waals surface area (Å²) in [6.45, 7) is 1.18. The Hall–Kier alpha value is -2.39. The van der Waals surface area contributed by atoms with Gasteiger partial charge in [0.2, 0.25) is 5.79 Å². The molecule has 4 aromatic carbocycles. The molecule has 1 fully saturated rings. The van der Waals surface area contributed by atoms with Crippen LogP contribution in [0.2, 0.25) is 10.0 Å². The van der Waals surface area contributed by atoms with Crippen LogP contribution in [0.5, 0.6) is 11.5 Å². The first-order valence-electron chi connectivity index (χ1n) is 13.0.